The Balaban J connectivity index is 3.27. The van der Waals surface area contributed by atoms with Gasteiger partial charge in [-0.1, -0.05) is 6.08 Å². The largest absolute Gasteiger partial charge is 0.496 e. The van der Waals surface area contributed by atoms with Crippen molar-refractivity contribution in [1.82, 2.24) is 0 Å². The maximum Gasteiger partial charge on any atom is 0.165 e. The van der Waals surface area contributed by atoms with Crippen molar-refractivity contribution in [3.63, 3.8) is 0 Å². The molecule has 0 saturated heterocycles. The number of hydrogen-bond acceptors (Lipinski definition) is 3. The van der Waals surface area contributed by atoms with Crippen LogP contribution in [0.2, 0.25) is 0 Å². The molecule has 1 N–H and O–H groups in total. The van der Waals surface area contributed by atoms with Crippen LogP contribution in [0.1, 0.15) is 5.56 Å². The van der Waals surface area contributed by atoms with Crippen LogP contribution in [-0.2, 0) is 0 Å². The molecule has 0 amide bonds. The lowest BCUT2D eigenvalue weighted by Crippen LogP contribution is -1.95. The summed E-state index contributed by atoms with van der Waals surface area (Å²) >= 11 is 0. The Morgan fingerprint density at radius 2 is 2.07 bits per heavy atom. The van der Waals surface area contributed by atoms with Gasteiger partial charge in [0.1, 0.15) is 5.75 Å². The summed E-state index contributed by atoms with van der Waals surface area (Å²) in [5, 5.41) is 8.66. The average Bonchev–Trinajstić information content (AvgIpc) is 2.26. The third-order valence-corrected chi connectivity index (χ3v) is 1.92. The Bertz CT molecular complexity index is 361. The van der Waals surface area contributed by atoms with Crippen molar-refractivity contribution in [2.45, 2.75) is 0 Å². The van der Waals surface area contributed by atoms with Crippen LogP contribution in [0, 0.1) is 5.82 Å². The Labute approximate surface area is 87.8 Å². The van der Waals surface area contributed by atoms with Gasteiger partial charge >= 0.3 is 0 Å². The molecule has 82 valence electrons. The molecule has 0 atom stereocenters. The van der Waals surface area contributed by atoms with Crippen LogP contribution in [0.25, 0.3) is 6.08 Å². The fraction of sp³-hybridized carbons (Fsp3) is 0.273. The van der Waals surface area contributed by atoms with E-state index in [1.807, 2.05) is 0 Å². The fourth-order valence-electron chi connectivity index (χ4n) is 1.27. The van der Waals surface area contributed by atoms with E-state index in [1.165, 1.54) is 32.4 Å². The van der Waals surface area contributed by atoms with E-state index in [0.29, 0.717) is 11.3 Å². The SMILES string of the molecule is COc1ccc(F)c(OC)c1/C=C/CO. The summed E-state index contributed by atoms with van der Waals surface area (Å²) in [6.07, 6.45) is 3.04. The molecule has 1 aromatic carbocycles. The van der Waals surface area contributed by atoms with E-state index in [0.717, 1.165) is 0 Å². The normalized spacial score (nSPS) is 10.7. The molecular formula is C11H13FO3. The van der Waals surface area contributed by atoms with Gasteiger partial charge in [0.05, 0.1) is 26.4 Å². The third-order valence-electron chi connectivity index (χ3n) is 1.92. The highest BCUT2D eigenvalue weighted by Gasteiger charge is 2.12. The molecule has 0 fully saturated rings. The van der Waals surface area contributed by atoms with Crippen LogP contribution in [0.3, 0.4) is 0 Å². The zero-order chi connectivity index (χ0) is 11.3. The molecule has 1 aromatic rings. The number of aliphatic hydroxyl groups excluding tert-OH is 1. The number of benzene rings is 1. The fourth-order valence-corrected chi connectivity index (χ4v) is 1.27. The van der Waals surface area contributed by atoms with E-state index in [4.69, 9.17) is 14.6 Å². The summed E-state index contributed by atoms with van der Waals surface area (Å²) in [5.41, 5.74) is 0.481. The Morgan fingerprint density at radius 1 is 1.33 bits per heavy atom. The van der Waals surface area contributed by atoms with Gasteiger partial charge < -0.3 is 14.6 Å². The Hall–Kier alpha value is -1.55. The van der Waals surface area contributed by atoms with Gasteiger partial charge in [0, 0.05) is 0 Å². The number of ether oxygens (including phenoxy) is 2. The first kappa shape index (κ1) is 11.5. The van der Waals surface area contributed by atoms with E-state index in [-0.39, 0.29) is 12.4 Å². The lowest BCUT2D eigenvalue weighted by atomic mass is 10.1. The zero-order valence-corrected chi connectivity index (χ0v) is 8.66. The number of halogens is 1. The summed E-state index contributed by atoms with van der Waals surface area (Å²) in [4.78, 5) is 0. The van der Waals surface area contributed by atoms with Gasteiger partial charge in [-0.3, -0.25) is 0 Å². The number of methoxy groups -OCH3 is 2. The molecule has 0 radical (unpaired) electrons. The Morgan fingerprint density at radius 3 is 2.60 bits per heavy atom. The van der Waals surface area contributed by atoms with Crippen molar-refractivity contribution in [3.05, 3.63) is 29.6 Å². The lowest BCUT2D eigenvalue weighted by molar-refractivity contribution is 0.343. The van der Waals surface area contributed by atoms with Gasteiger partial charge in [-0.25, -0.2) is 4.39 Å². The summed E-state index contributed by atoms with van der Waals surface area (Å²) in [5.74, 6) is 0.146. The van der Waals surface area contributed by atoms with Crippen LogP contribution >= 0.6 is 0 Å². The van der Waals surface area contributed by atoms with E-state index < -0.39 is 5.82 Å². The van der Waals surface area contributed by atoms with Gasteiger partial charge in [0.2, 0.25) is 0 Å². The lowest BCUT2D eigenvalue weighted by Gasteiger charge is -2.10. The van der Waals surface area contributed by atoms with Crippen LogP contribution in [0.15, 0.2) is 18.2 Å². The summed E-state index contributed by atoms with van der Waals surface area (Å²) < 4.78 is 23.3. The summed E-state index contributed by atoms with van der Waals surface area (Å²) in [6.45, 7) is -0.122. The minimum atomic E-state index is -0.462. The van der Waals surface area contributed by atoms with Crippen LogP contribution in [0.4, 0.5) is 4.39 Å². The molecule has 0 saturated carbocycles. The third kappa shape index (κ3) is 2.47. The van der Waals surface area contributed by atoms with Crippen molar-refractivity contribution < 1.29 is 19.0 Å². The average molecular weight is 212 g/mol. The quantitative estimate of drug-likeness (QED) is 0.827. The molecule has 0 spiro atoms. The van der Waals surface area contributed by atoms with Crippen molar-refractivity contribution >= 4 is 6.08 Å². The Kier molecular flexibility index (Phi) is 4.12. The molecular weight excluding hydrogens is 199 g/mol. The molecule has 1 rings (SSSR count). The standard InChI is InChI=1S/C11H13FO3/c1-14-10-6-5-9(12)11(15-2)8(10)4-3-7-13/h3-6,13H,7H2,1-2H3/b4-3+. The molecule has 15 heavy (non-hydrogen) atoms. The molecule has 0 unspecified atom stereocenters. The molecule has 0 aliphatic heterocycles. The molecule has 0 aromatic heterocycles. The molecule has 3 nitrogen and oxygen atoms in total. The van der Waals surface area contributed by atoms with Gasteiger partial charge in [-0.15, -0.1) is 0 Å². The minimum absolute atomic E-state index is 0.110. The predicted molar refractivity (Wildman–Crippen MR) is 55.6 cm³/mol. The number of rotatable bonds is 4. The molecule has 0 aliphatic rings. The summed E-state index contributed by atoms with van der Waals surface area (Å²) in [6, 6.07) is 2.78. The van der Waals surface area contributed by atoms with Gasteiger partial charge in [0.25, 0.3) is 0 Å². The van der Waals surface area contributed by atoms with E-state index in [2.05, 4.69) is 0 Å². The van der Waals surface area contributed by atoms with Gasteiger partial charge in [-0.05, 0) is 18.2 Å². The molecule has 0 bridgehead atoms. The monoisotopic (exact) mass is 212 g/mol. The first-order valence-corrected chi connectivity index (χ1v) is 4.42. The van der Waals surface area contributed by atoms with Gasteiger partial charge in [-0.2, -0.15) is 0 Å². The second-order valence-corrected chi connectivity index (χ2v) is 2.78. The molecule has 4 heteroatoms. The number of hydrogen-bond donors (Lipinski definition) is 1. The van der Waals surface area contributed by atoms with Crippen molar-refractivity contribution in [3.8, 4) is 11.5 Å². The highest BCUT2D eigenvalue weighted by molar-refractivity contribution is 5.64. The highest BCUT2D eigenvalue weighted by atomic mass is 19.1. The van der Waals surface area contributed by atoms with Crippen molar-refractivity contribution in [2.24, 2.45) is 0 Å². The summed E-state index contributed by atoms with van der Waals surface area (Å²) in [7, 11) is 2.87. The van der Waals surface area contributed by atoms with E-state index in [1.54, 1.807) is 6.08 Å². The van der Waals surface area contributed by atoms with Crippen LogP contribution in [-0.4, -0.2) is 25.9 Å². The smallest absolute Gasteiger partial charge is 0.165 e. The van der Waals surface area contributed by atoms with Crippen LogP contribution in [0.5, 0.6) is 11.5 Å². The topological polar surface area (TPSA) is 38.7 Å². The highest BCUT2D eigenvalue weighted by Crippen LogP contribution is 2.32. The van der Waals surface area contributed by atoms with E-state index in [9.17, 15) is 4.39 Å². The minimum Gasteiger partial charge on any atom is -0.496 e. The van der Waals surface area contributed by atoms with Crippen LogP contribution < -0.4 is 9.47 Å². The van der Waals surface area contributed by atoms with Crippen molar-refractivity contribution in [2.75, 3.05) is 20.8 Å². The van der Waals surface area contributed by atoms with E-state index >= 15 is 0 Å². The molecule has 0 heterocycles. The van der Waals surface area contributed by atoms with Gasteiger partial charge in [0.15, 0.2) is 11.6 Å². The maximum atomic E-state index is 13.3. The predicted octanol–water partition coefficient (Wildman–Crippen LogP) is 1.85. The second kappa shape index (κ2) is 5.36. The maximum absolute atomic E-state index is 13.3. The molecule has 0 aliphatic carbocycles. The zero-order valence-electron chi connectivity index (χ0n) is 8.66. The first-order chi connectivity index (χ1) is 7.24. The second-order valence-electron chi connectivity index (χ2n) is 2.78. The van der Waals surface area contributed by atoms with Crippen molar-refractivity contribution in [1.29, 1.82) is 0 Å². The first-order valence-electron chi connectivity index (χ1n) is 4.42. The number of aliphatic hydroxyl groups is 1.